The molecule has 4 rings (SSSR count). The van der Waals surface area contributed by atoms with E-state index < -0.39 is 0 Å². The highest BCUT2D eigenvalue weighted by Gasteiger charge is 2.21. The smallest absolute Gasteiger partial charge is 0.163 e. The molecule has 0 N–H and O–H groups in total. The molecule has 2 saturated heterocycles. The van der Waals surface area contributed by atoms with Crippen molar-refractivity contribution in [1.82, 2.24) is 14.9 Å². The third-order valence-electron chi connectivity index (χ3n) is 5.30. The molecule has 0 bridgehead atoms. The summed E-state index contributed by atoms with van der Waals surface area (Å²) < 4.78 is 0. The van der Waals surface area contributed by atoms with Gasteiger partial charge in [0.25, 0.3) is 0 Å². The molecular formula is C20H27N5. The number of aromatic nitrogens is 2. The first-order chi connectivity index (χ1) is 12.3. The lowest BCUT2D eigenvalue weighted by Crippen LogP contribution is -2.46. The van der Waals surface area contributed by atoms with Crippen LogP contribution in [0.15, 0.2) is 36.4 Å². The lowest BCUT2D eigenvalue weighted by Gasteiger charge is -2.35. The quantitative estimate of drug-likeness (QED) is 0.857. The van der Waals surface area contributed by atoms with Crippen LogP contribution in [0.1, 0.15) is 19.8 Å². The van der Waals surface area contributed by atoms with Gasteiger partial charge in [-0.3, -0.25) is 0 Å². The van der Waals surface area contributed by atoms with Crippen molar-refractivity contribution in [3.8, 4) is 11.4 Å². The third-order valence-corrected chi connectivity index (χ3v) is 5.30. The minimum Gasteiger partial charge on any atom is -0.356 e. The fourth-order valence-electron chi connectivity index (χ4n) is 3.70. The summed E-state index contributed by atoms with van der Waals surface area (Å²) in [6, 6.07) is 12.5. The topological polar surface area (TPSA) is 35.5 Å². The molecule has 0 atom stereocenters. The van der Waals surface area contributed by atoms with E-state index in [1.54, 1.807) is 0 Å². The summed E-state index contributed by atoms with van der Waals surface area (Å²) in [6.07, 6.45) is 2.52. The summed E-state index contributed by atoms with van der Waals surface area (Å²) in [6.45, 7) is 9.88. The van der Waals surface area contributed by atoms with Crippen LogP contribution in [0.25, 0.3) is 11.4 Å². The third kappa shape index (κ3) is 3.61. The molecule has 132 valence electrons. The predicted molar refractivity (Wildman–Crippen MR) is 103 cm³/mol. The molecule has 0 aliphatic carbocycles. The number of rotatable bonds is 4. The molecule has 1 aromatic carbocycles. The molecule has 0 amide bonds. The summed E-state index contributed by atoms with van der Waals surface area (Å²) in [4.78, 5) is 17.1. The number of nitrogens with zero attached hydrogens (tertiary/aromatic N) is 5. The highest BCUT2D eigenvalue weighted by molar-refractivity contribution is 5.62. The van der Waals surface area contributed by atoms with Crippen molar-refractivity contribution >= 4 is 11.6 Å². The van der Waals surface area contributed by atoms with E-state index in [-0.39, 0.29) is 0 Å². The highest BCUT2D eigenvalue weighted by atomic mass is 15.3. The van der Waals surface area contributed by atoms with Gasteiger partial charge < -0.3 is 14.7 Å². The molecule has 0 radical (unpaired) electrons. The lowest BCUT2D eigenvalue weighted by atomic mass is 10.2. The van der Waals surface area contributed by atoms with Gasteiger partial charge in [0.2, 0.25) is 0 Å². The van der Waals surface area contributed by atoms with E-state index >= 15 is 0 Å². The summed E-state index contributed by atoms with van der Waals surface area (Å²) in [5, 5.41) is 0. The molecule has 0 saturated carbocycles. The Morgan fingerprint density at radius 2 is 1.40 bits per heavy atom. The second-order valence-corrected chi connectivity index (χ2v) is 6.89. The van der Waals surface area contributed by atoms with Crippen LogP contribution in [0.5, 0.6) is 0 Å². The molecule has 0 unspecified atom stereocenters. The predicted octanol–water partition coefficient (Wildman–Crippen LogP) is 2.89. The fraction of sp³-hybridized carbons (Fsp3) is 0.500. The van der Waals surface area contributed by atoms with Crippen LogP contribution in [0, 0.1) is 0 Å². The van der Waals surface area contributed by atoms with E-state index in [9.17, 15) is 0 Å². The normalized spacial score (nSPS) is 18.8. The van der Waals surface area contributed by atoms with E-state index in [0.717, 1.165) is 68.8 Å². The summed E-state index contributed by atoms with van der Waals surface area (Å²) >= 11 is 0. The monoisotopic (exact) mass is 337 g/mol. The molecule has 5 heteroatoms. The van der Waals surface area contributed by atoms with Crippen molar-refractivity contribution in [3.63, 3.8) is 0 Å². The van der Waals surface area contributed by atoms with Gasteiger partial charge in [0.15, 0.2) is 5.82 Å². The van der Waals surface area contributed by atoms with E-state index in [2.05, 4.69) is 52.0 Å². The fourth-order valence-corrected chi connectivity index (χ4v) is 3.70. The molecule has 3 heterocycles. The van der Waals surface area contributed by atoms with Crippen LogP contribution >= 0.6 is 0 Å². The van der Waals surface area contributed by atoms with E-state index in [1.807, 2.05) is 6.07 Å². The van der Waals surface area contributed by atoms with Crippen molar-refractivity contribution in [2.75, 3.05) is 55.6 Å². The molecule has 0 spiro atoms. The number of benzene rings is 1. The van der Waals surface area contributed by atoms with Gasteiger partial charge in [0.05, 0.1) is 0 Å². The lowest BCUT2D eigenvalue weighted by molar-refractivity contribution is 0.270. The average molecular weight is 337 g/mol. The molecule has 1 aromatic heterocycles. The van der Waals surface area contributed by atoms with Gasteiger partial charge in [-0.2, -0.15) is 0 Å². The maximum Gasteiger partial charge on any atom is 0.163 e. The second-order valence-electron chi connectivity index (χ2n) is 6.89. The minimum atomic E-state index is 0.845. The van der Waals surface area contributed by atoms with Gasteiger partial charge in [0, 0.05) is 50.9 Å². The standard InChI is InChI=1S/C20H27N5/c1-2-23-12-14-25(15-13-23)19-16-18(24-10-6-7-11-24)21-20(22-19)17-8-4-3-5-9-17/h3-5,8-9,16H,2,6-7,10-15H2,1H3. The van der Waals surface area contributed by atoms with Gasteiger partial charge in [-0.15, -0.1) is 0 Å². The zero-order chi connectivity index (χ0) is 17.1. The van der Waals surface area contributed by atoms with Crippen molar-refractivity contribution in [2.45, 2.75) is 19.8 Å². The number of hydrogen-bond acceptors (Lipinski definition) is 5. The van der Waals surface area contributed by atoms with Crippen LogP contribution in [0.3, 0.4) is 0 Å². The Hall–Kier alpha value is -2.14. The van der Waals surface area contributed by atoms with Crippen LogP contribution in [-0.2, 0) is 0 Å². The first-order valence-electron chi connectivity index (χ1n) is 9.50. The highest BCUT2D eigenvalue weighted by Crippen LogP contribution is 2.27. The second kappa shape index (κ2) is 7.40. The molecule has 2 aliphatic rings. The largest absolute Gasteiger partial charge is 0.356 e. The molecule has 5 nitrogen and oxygen atoms in total. The Bertz CT molecular complexity index is 688. The average Bonchev–Trinajstić information content (AvgIpc) is 3.23. The number of anilines is 2. The Labute approximate surface area is 150 Å². The van der Waals surface area contributed by atoms with E-state index in [4.69, 9.17) is 9.97 Å². The van der Waals surface area contributed by atoms with Crippen molar-refractivity contribution in [2.24, 2.45) is 0 Å². The van der Waals surface area contributed by atoms with Crippen LogP contribution in [0.4, 0.5) is 11.6 Å². The Morgan fingerprint density at radius 3 is 2.00 bits per heavy atom. The van der Waals surface area contributed by atoms with Crippen LogP contribution in [-0.4, -0.2) is 60.7 Å². The molecule has 2 aromatic rings. The molecule has 2 fully saturated rings. The van der Waals surface area contributed by atoms with E-state index in [0.29, 0.717) is 0 Å². The Kier molecular flexibility index (Phi) is 4.83. The van der Waals surface area contributed by atoms with Crippen molar-refractivity contribution in [1.29, 1.82) is 0 Å². The number of piperazine rings is 1. The summed E-state index contributed by atoms with van der Waals surface area (Å²) in [7, 11) is 0. The molecular weight excluding hydrogens is 310 g/mol. The zero-order valence-electron chi connectivity index (χ0n) is 15.1. The SMILES string of the molecule is CCN1CCN(c2cc(N3CCCC3)nc(-c3ccccc3)n2)CC1. The maximum absolute atomic E-state index is 4.92. The van der Waals surface area contributed by atoms with Crippen LogP contribution in [0.2, 0.25) is 0 Å². The van der Waals surface area contributed by atoms with Crippen LogP contribution < -0.4 is 9.80 Å². The van der Waals surface area contributed by atoms with Gasteiger partial charge in [-0.1, -0.05) is 37.3 Å². The zero-order valence-corrected chi connectivity index (χ0v) is 15.1. The Balaban J connectivity index is 1.66. The molecule has 2 aliphatic heterocycles. The Morgan fingerprint density at radius 1 is 0.800 bits per heavy atom. The van der Waals surface area contributed by atoms with E-state index in [1.165, 1.54) is 12.8 Å². The summed E-state index contributed by atoms with van der Waals surface area (Å²) in [5.74, 6) is 3.00. The minimum absolute atomic E-state index is 0.845. The maximum atomic E-state index is 4.92. The van der Waals surface area contributed by atoms with Crippen molar-refractivity contribution < 1.29 is 0 Å². The number of hydrogen-bond donors (Lipinski definition) is 0. The van der Waals surface area contributed by atoms with Gasteiger partial charge in [-0.05, 0) is 19.4 Å². The summed E-state index contributed by atoms with van der Waals surface area (Å²) in [5.41, 5.74) is 1.09. The number of likely N-dealkylation sites (N-methyl/N-ethyl adjacent to an activating group) is 1. The van der Waals surface area contributed by atoms with Gasteiger partial charge in [-0.25, -0.2) is 9.97 Å². The van der Waals surface area contributed by atoms with Gasteiger partial charge in [0.1, 0.15) is 11.6 Å². The first kappa shape index (κ1) is 16.3. The molecule has 25 heavy (non-hydrogen) atoms. The van der Waals surface area contributed by atoms with Crippen molar-refractivity contribution in [3.05, 3.63) is 36.4 Å². The van der Waals surface area contributed by atoms with Gasteiger partial charge >= 0.3 is 0 Å². The first-order valence-corrected chi connectivity index (χ1v) is 9.50.